The van der Waals surface area contributed by atoms with Crippen molar-refractivity contribution in [1.29, 1.82) is 0 Å². The molecule has 0 saturated carbocycles. The van der Waals surface area contributed by atoms with E-state index in [2.05, 4.69) is 27.2 Å². The van der Waals surface area contributed by atoms with Crippen LogP contribution in [-0.2, 0) is 11.2 Å². The Morgan fingerprint density at radius 2 is 1.91 bits per heavy atom. The van der Waals surface area contributed by atoms with Gasteiger partial charge in [0.25, 0.3) is 0 Å². The van der Waals surface area contributed by atoms with Crippen molar-refractivity contribution in [1.82, 2.24) is 10.1 Å². The number of hydrogen-bond donors (Lipinski definition) is 1. The number of aliphatic carboxylic acids is 1. The summed E-state index contributed by atoms with van der Waals surface area (Å²) in [6.45, 7) is 2.22. The van der Waals surface area contributed by atoms with E-state index >= 15 is 0 Å². The zero-order valence-electron chi connectivity index (χ0n) is 12.4. The summed E-state index contributed by atoms with van der Waals surface area (Å²) in [5.74, 6) is -0.00581. The second kappa shape index (κ2) is 6.60. The number of carbonyl (C=O) groups is 1. The third-order valence-electron chi connectivity index (χ3n) is 3.87. The Kier molecular flexibility index (Phi) is 4.37. The zero-order chi connectivity index (χ0) is 15.4. The molecule has 1 saturated heterocycles. The minimum atomic E-state index is -0.870. The number of rotatable bonds is 5. The summed E-state index contributed by atoms with van der Waals surface area (Å²) >= 11 is 0. The van der Waals surface area contributed by atoms with Crippen molar-refractivity contribution in [2.75, 3.05) is 18.0 Å². The molecule has 0 unspecified atom stereocenters. The predicted octanol–water partition coefficient (Wildman–Crippen LogP) is 2.74. The molecule has 1 aliphatic heterocycles. The first-order valence-corrected chi connectivity index (χ1v) is 7.62. The van der Waals surface area contributed by atoms with E-state index < -0.39 is 5.97 Å². The standard InChI is InChI=1S/C16H19N3O3/c20-15(21)9-8-14-17-16(18-22-14)12-4-6-13(7-5-12)19-10-2-1-3-11-19/h4-7H,1-3,8-11H2,(H,20,21). The normalized spacial score (nSPS) is 15.0. The summed E-state index contributed by atoms with van der Waals surface area (Å²) in [5.41, 5.74) is 2.10. The molecule has 1 N–H and O–H groups in total. The minimum Gasteiger partial charge on any atom is -0.481 e. The second-order valence-corrected chi connectivity index (χ2v) is 5.50. The van der Waals surface area contributed by atoms with Crippen LogP contribution in [0.15, 0.2) is 28.8 Å². The van der Waals surface area contributed by atoms with Gasteiger partial charge in [-0.15, -0.1) is 0 Å². The van der Waals surface area contributed by atoms with E-state index in [4.69, 9.17) is 9.63 Å². The summed E-state index contributed by atoms with van der Waals surface area (Å²) in [5, 5.41) is 12.6. The molecule has 0 amide bonds. The SMILES string of the molecule is O=C(O)CCc1nc(-c2ccc(N3CCCCC3)cc2)no1. The van der Waals surface area contributed by atoms with Gasteiger partial charge in [-0.3, -0.25) is 4.79 Å². The molecule has 22 heavy (non-hydrogen) atoms. The molecule has 0 atom stereocenters. The van der Waals surface area contributed by atoms with Gasteiger partial charge in [0.1, 0.15) is 0 Å². The second-order valence-electron chi connectivity index (χ2n) is 5.50. The molecule has 1 aromatic heterocycles. The summed E-state index contributed by atoms with van der Waals surface area (Å²) < 4.78 is 5.08. The lowest BCUT2D eigenvalue weighted by Crippen LogP contribution is -2.29. The van der Waals surface area contributed by atoms with Gasteiger partial charge in [0.2, 0.25) is 11.7 Å². The fraction of sp³-hybridized carbons (Fsp3) is 0.438. The molecule has 116 valence electrons. The van der Waals surface area contributed by atoms with Crippen LogP contribution < -0.4 is 4.90 Å². The van der Waals surface area contributed by atoms with E-state index in [0.29, 0.717) is 11.7 Å². The van der Waals surface area contributed by atoms with Gasteiger partial charge in [-0.2, -0.15) is 4.98 Å². The molecule has 0 spiro atoms. The van der Waals surface area contributed by atoms with Gasteiger partial charge in [-0.25, -0.2) is 0 Å². The molecule has 2 aromatic rings. The topological polar surface area (TPSA) is 79.5 Å². The van der Waals surface area contributed by atoms with E-state index in [1.165, 1.54) is 24.9 Å². The molecule has 3 rings (SSSR count). The van der Waals surface area contributed by atoms with Crippen molar-refractivity contribution in [3.8, 4) is 11.4 Å². The molecule has 1 aromatic carbocycles. The van der Waals surface area contributed by atoms with Crippen molar-refractivity contribution in [2.45, 2.75) is 32.1 Å². The first kappa shape index (κ1) is 14.6. The van der Waals surface area contributed by atoms with Gasteiger partial charge in [-0.1, -0.05) is 5.16 Å². The molecule has 0 bridgehead atoms. The number of aromatic nitrogens is 2. The average molecular weight is 301 g/mol. The lowest BCUT2D eigenvalue weighted by molar-refractivity contribution is -0.137. The molecular weight excluding hydrogens is 282 g/mol. The van der Waals surface area contributed by atoms with Crippen LogP contribution in [0.3, 0.4) is 0 Å². The van der Waals surface area contributed by atoms with Crippen molar-refractivity contribution in [3.05, 3.63) is 30.2 Å². The Morgan fingerprint density at radius 1 is 1.18 bits per heavy atom. The van der Waals surface area contributed by atoms with E-state index in [0.717, 1.165) is 18.7 Å². The fourth-order valence-electron chi connectivity index (χ4n) is 2.66. The Bertz CT molecular complexity index is 630. The van der Waals surface area contributed by atoms with Crippen LogP contribution in [0, 0.1) is 0 Å². The van der Waals surface area contributed by atoms with Gasteiger partial charge in [0.05, 0.1) is 6.42 Å². The molecule has 1 fully saturated rings. The molecular formula is C16H19N3O3. The Hall–Kier alpha value is -2.37. The highest BCUT2D eigenvalue weighted by Gasteiger charge is 2.13. The van der Waals surface area contributed by atoms with Crippen LogP contribution >= 0.6 is 0 Å². The Labute approximate surface area is 128 Å². The number of benzene rings is 1. The summed E-state index contributed by atoms with van der Waals surface area (Å²) in [4.78, 5) is 17.2. The highest BCUT2D eigenvalue weighted by molar-refractivity contribution is 5.67. The molecule has 2 heterocycles. The molecule has 6 heteroatoms. The van der Waals surface area contributed by atoms with E-state index in [9.17, 15) is 4.79 Å². The predicted molar refractivity (Wildman–Crippen MR) is 81.8 cm³/mol. The summed E-state index contributed by atoms with van der Waals surface area (Å²) in [6, 6.07) is 8.12. The zero-order valence-corrected chi connectivity index (χ0v) is 12.4. The first-order chi connectivity index (χ1) is 10.7. The number of carboxylic acid groups (broad SMARTS) is 1. The highest BCUT2D eigenvalue weighted by Crippen LogP contribution is 2.23. The maximum atomic E-state index is 10.5. The van der Waals surface area contributed by atoms with Crippen LogP contribution in [0.4, 0.5) is 5.69 Å². The van der Waals surface area contributed by atoms with Crippen LogP contribution in [0.1, 0.15) is 31.6 Å². The number of anilines is 1. The number of aryl methyl sites for hydroxylation is 1. The number of nitrogens with zero attached hydrogens (tertiary/aromatic N) is 3. The van der Waals surface area contributed by atoms with Gasteiger partial charge in [0, 0.05) is 30.8 Å². The molecule has 6 nitrogen and oxygen atoms in total. The number of hydrogen-bond acceptors (Lipinski definition) is 5. The molecule has 1 aliphatic rings. The molecule has 0 aliphatic carbocycles. The Balaban J connectivity index is 1.68. The lowest BCUT2D eigenvalue weighted by atomic mass is 10.1. The van der Waals surface area contributed by atoms with Gasteiger partial charge in [0.15, 0.2) is 0 Å². The van der Waals surface area contributed by atoms with Gasteiger partial charge >= 0.3 is 5.97 Å². The van der Waals surface area contributed by atoms with Crippen molar-refractivity contribution in [2.24, 2.45) is 0 Å². The van der Waals surface area contributed by atoms with Crippen LogP contribution in [0.2, 0.25) is 0 Å². The van der Waals surface area contributed by atoms with Crippen LogP contribution in [0.25, 0.3) is 11.4 Å². The number of piperidine rings is 1. The first-order valence-electron chi connectivity index (χ1n) is 7.62. The van der Waals surface area contributed by atoms with Crippen molar-refractivity contribution in [3.63, 3.8) is 0 Å². The maximum Gasteiger partial charge on any atom is 0.303 e. The van der Waals surface area contributed by atoms with E-state index in [-0.39, 0.29) is 12.8 Å². The average Bonchev–Trinajstić information content (AvgIpc) is 3.03. The summed E-state index contributed by atoms with van der Waals surface area (Å²) in [7, 11) is 0. The Morgan fingerprint density at radius 3 is 2.59 bits per heavy atom. The third-order valence-corrected chi connectivity index (χ3v) is 3.87. The van der Waals surface area contributed by atoms with Crippen LogP contribution in [-0.4, -0.2) is 34.3 Å². The van der Waals surface area contributed by atoms with Gasteiger partial charge in [-0.05, 0) is 43.5 Å². The van der Waals surface area contributed by atoms with Crippen molar-refractivity contribution >= 4 is 11.7 Å². The summed E-state index contributed by atoms with van der Waals surface area (Å²) in [6.07, 6.45) is 4.07. The lowest BCUT2D eigenvalue weighted by Gasteiger charge is -2.28. The fourth-order valence-corrected chi connectivity index (χ4v) is 2.66. The maximum absolute atomic E-state index is 10.5. The van der Waals surface area contributed by atoms with Crippen LogP contribution in [0.5, 0.6) is 0 Å². The third kappa shape index (κ3) is 3.44. The quantitative estimate of drug-likeness (QED) is 0.914. The monoisotopic (exact) mass is 301 g/mol. The largest absolute Gasteiger partial charge is 0.481 e. The number of carboxylic acids is 1. The smallest absolute Gasteiger partial charge is 0.303 e. The molecule has 0 radical (unpaired) electrons. The van der Waals surface area contributed by atoms with E-state index in [1.54, 1.807) is 0 Å². The van der Waals surface area contributed by atoms with E-state index in [1.807, 2.05) is 12.1 Å². The van der Waals surface area contributed by atoms with Crippen molar-refractivity contribution < 1.29 is 14.4 Å². The minimum absolute atomic E-state index is 0.00443. The highest BCUT2D eigenvalue weighted by atomic mass is 16.5. The van der Waals surface area contributed by atoms with Gasteiger partial charge < -0.3 is 14.5 Å².